The fourth-order valence-electron chi connectivity index (χ4n) is 2.26. The topological polar surface area (TPSA) is 38.3 Å². The minimum atomic E-state index is -0.286. The standard InChI is InChI=1S/C15H13ClFNO2/c1-2-18-14(11-5-6-19-15(11)16)13-8-9-7-10(17)3-4-12(9)20-13/h3-8,14,18H,2H2,1H3. The van der Waals surface area contributed by atoms with Gasteiger partial charge in [0.25, 0.3) is 0 Å². The minimum Gasteiger partial charge on any atom is -0.459 e. The molecular weight excluding hydrogens is 281 g/mol. The van der Waals surface area contributed by atoms with Crippen LogP contribution in [0.15, 0.2) is 45.4 Å². The zero-order valence-electron chi connectivity index (χ0n) is 10.8. The van der Waals surface area contributed by atoms with Crippen LogP contribution in [0.25, 0.3) is 11.0 Å². The van der Waals surface area contributed by atoms with Crippen molar-refractivity contribution in [3.05, 3.63) is 59.0 Å². The molecule has 3 aromatic rings. The van der Waals surface area contributed by atoms with E-state index in [2.05, 4.69) is 5.32 Å². The van der Waals surface area contributed by atoms with Crippen molar-refractivity contribution >= 4 is 22.6 Å². The lowest BCUT2D eigenvalue weighted by molar-refractivity contribution is 0.472. The number of hydrogen-bond acceptors (Lipinski definition) is 3. The smallest absolute Gasteiger partial charge is 0.198 e. The summed E-state index contributed by atoms with van der Waals surface area (Å²) in [5, 5.41) is 4.33. The van der Waals surface area contributed by atoms with E-state index in [9.17, 15) is 4.39 Å². The summed E-state index contributed by atoms with van der Waals surface area (Å²) < 4.78 is 24.2. The Morgan fingerprint density at radius 2 is 2.15 bits per heavy atom. The van der Waals surface area contributed by atoms with Gasteiger partial charge in [0.1, 0.15) is 17.2 Å². The van der Waals surface area contributed by atoms with Gasteiger partial charge in [0.2, 0.25) is 0 Å². The maximum atomic E-state index is 13.2. The first-order chi connectivity index (χ1) is 9.69. The summed E-state index contributed by atoms with van der Waals surface area (Å²) >= 11 is 6.04. The van der Waals surface area contributed by atoms with E-state index in [1.54, 1.807) is 12.1 Å². The Bertz CT molecular complexity index is 734. The average molecular weight is 294 g/mol. The van der Waals surface area contributed by atoms with Crippen molar-refractivity contribution in [3.63, 3.8) is 0 Å². The third kappa shape index (κ3) is 2.32. The molecule has 0 spiro atoms. The van der Waals surface area contributed by atoms with Crippen molar-refractivity contribution in [2.75, 3.05) is 6.54 Å². The van der Waals surface area contributed by atoms with E-state index in [1.165, 1.54) is 18.4 Å². The van der Waals surface area contributed by atoms with E-state index in [1.807, 2.05) is 13.0 Å². The van der Waals surface area contributed by atoms with Crippen LogP contribution in [-0.2, 0) is 0 Å². The highest BCUT2D eigenvalue weighted by Crippen LogP contribution is 2.32. The molecule has 5 heteroatoms. The summed E-state index contributed by atoms with van der Waals surface area (Å²) in [5.41, 5.74) is 1.44. The first kappa shape index (κ1) is 13.2. The summed E-state index contributed by atoms with van der Waals surface area (Å²) in [4.78, 5) is 0. The molecule has 0 aliphatic carbocycles. The Balaban J connectivity index is 2.07. The van der Waals surface area contributed by atoms with E-state index >= 15 is 0 Å². The van der Waals surface area contributed by atoms with E-state index in [0.29, 0.717) is 16.6 Å². The SMILES string of the molecule is CCNC(c1cc2cc(F)ccc2o1)c1ccoc1Cl. The number of furan rings is 2. The molecule has 1 unspecified atom stereocenters. The largest absolute Gasteiger partial charge is 0.459 e. The van der Waals surface area contributed by atoms with Crippen molar-refractivity contribution in [2.24, 2.45) is 0 Å². The van der Waals surface area contributed by atoms with Gasteiger partial charge >= 0.3 is 0 Å². The van der Waals surface area contributed by atoms with Gasteiger partial charge in [0, 0.05) is 10.9 Å². The lowest BCUT2D eigenvalue weighted by atomic mass is 10.1. The van der Waals surface area contributed by atoms with Gasteiger partial charge in [0.15, 0.2) is 5.22 Å². The average Bonchev–Trinajstić information content (AvgIpc) is 3.01. The Labute approximate surface area is 120 Å². The number of fused-ring (bicyclic) bond motifs is 1. The third-order valence-corrected chi connectivity index (χ3v) is 3.45. The van der Waals surface area contributed by atoms with Crippen molar-refractivity contribution in [2.45, 2.75) is 13.0 Å². The molecule has 2 heterocycles. The van der Waals surface area contributed by atoms with Gasteiger partial charge in [-0.05, 0) is 48.5 Å². The lowest BCUT2D eigenvalue weighted by Crippen LogP contribution is -2.21. The van der Waals surface area contributed by atoms with Gasteiger partial charge in [-0.25, -0.2) is 4.39 Å². The van der Waals surface area contributed by atoms with Crippen molar-refractivity contribution < 1.29 is 13.2 Å². The molecule has 0 bridgehead atoms. The van der Waals surface area contributed by atoms with Crippen LogP contribution in [0.3, 0.4) is 0 Å². The molecule has 0 saturated heterocycles. The number of rotatable bonds is 4. The van der Waals surface area contributed by atoms with E-state index in [4.69, 9.17) is 20.4 Å². The maximum Gasteiger partial charge on any atom is 0.198 e. The third-order valence-electron chi connectivity index (χ3n) is 3.15. The Kier molecular flexibility index (Phi) is 3.51. The molecule has 0 saturated carbocycles. The fraction of sp³-hybridized carbons (Fsp3) is 0.200. The predicted octanol–water partition coefficient (Wildman–Crippen LogP) is 4.52. The quantitative estimate of drug-likeness (QED) is 0.769. The maximum absolute atomic E-state index is 13.2. The molecule has 20 heavy (non-hydrogen) atoms. The van der Waals surface area contributed by atoms with Gasteiger partial charge in [0.05, 0.1) is 12.3 Å². The molecule has 0 aliphatic heterocycles. The van der Waals surface area contributed by atoms with Crippen LogP contribution in [0.1, 0.15) is 24.3 Å². The number of halogens is 2. The van der Waals surface area contributed by atoms with Gasteiger partial charge in [-0.1, -0.05) is 6.92 Å². The number of hydrogen-bond donors (Lipinski definition) is 1. The Hall–Kier alpha value is -1.78. The number of nitrogens with one attached hydrogen (secondary N) is 1. The summed E-state index contributed by atoms with van der Waals surface area (Å²) in [5.74, 6) is 0.391. The van der Waals surface area contributed by atoms with E-state index in [0.717, 1.165) is 17.5 Å². The zero-order valence-corrected chi connectivity index (χ0v) is 11.6. The van der Waals surface area contributed by atoms with Crippen LogP contribution in [0.5, 0.6) is 0 Å². The highest BCUT2D eigenvalue weighted by Gasteiger charge is 2.22. The second-order valence-corrected chi connectivity index (χ2v) is 4.81. The molecule has 3 rings (SSSR count). The first-order valence-electron chi connectivity index (χ1n) is 6.34. The summed E-state index contributed by atoms with van der Waals surface area (Å²) in [7, 11) is 0. The Morgan fingerprint density at radius 3 is 2.85 bits per heavy atom. The molecule has 3 nitrogen and oxygen atoms in total. The second-order valence-electron chi connectivity index (χ2n) is 4.47. The van der Waals surface area contributed by atoms with E-state index in [-0.39, 0.29) is 11.9 Å². The molecule has 0 aliphatic rings. The molecule has 0 fully saturated rings. The molecule has 1 N–H and O–H groups in total. The molecule has 104 valence electrons. The second kappa shape index (κ2) is 5.31. The normalized spacial score (nSPS) is 12.9. The predicted molar refractivity (Wildman–Crippen MR) is 75.4 cm³/mol. The Morgan fingerprint density at radius 1 is 1.30 bits per heavy atom. The molecule has 1 atom stereocenters. The first-order valence-corrected chi connectivity index (χ1v) is 6.72. The summed E-state index contributed by atoms with van der Waals surface area (Å²) in [6, 6.07) is 7.83. The van der Waals surface area contributed by atoms with Crippen LogP contribution in [-0.4, -0.2) is 6.54 Å². The zero-order chi connectivity index (χ0) is 14.1. The number of benzene rings is 1. The van der Waals surface area contributed by atoms with Gasteiger partial charge in [-0.3, -0.25) is 0 Å². The minimum absolute atomic E-state index is 0.221. The van der Waals surface area contributed by atoms with Crippen LogP contribution < -0.4 is 5.32 Å². The van der Waals surface area contributed by atoms with Crippen LogP contribution in [0, 0.1) is 5.82 Å². The molecule has 0 radical (unpaired) electrons. The van der Waals surface area contributed by atoms with Crippen LogP contribution in [0.2, 0.25) is 5.22 Å². The fourth-order valence-corrected chi connectivity index (χ4v) is 2.48. The van der Waals surface area contributed by atoms with Gasteiger partial charge in [-0.2, -0.15) is 0 Å². The lowest BCUT2D eigenvalue weighted by Gasteiger charge is -2.13. The highest BCUT2D eigenvalue weighted by atomic mass is 35.5. The molecule has 2 aromatic heterocycles. The summed E-state index contributed by atoms with van der Waals surface area (Å²) in [6.45, 7) is 2.72. The molecule has 1 aromatic carbocycles. The van der Waals surface area contributed by atoms with Gasteiger partial charge < -0.3 is 14.2 Å². The van der Waals surface area contributed by atoms with Crippen molar-refractivity contribution in [3.8, 4) is 0 Å². The van der Waals surface area contributed by atoms with Crippen LogP contribution in [0.4, 0.5) is 4.39 Å². The summed E-state index contributed by atoms with van der Waals surface area (Å²) in [6.07, 6.45) is 1.53. The highest BCUT2D eigenvalue weighted by molar-refractivity contribution is 6.29. The van der Waals surface area contributed by atoms with Crippen LogP contribution >= 0.6 is 11.6 Å². The van der Waals surface area contributed by atoms with Crippen molar-refractivity contribution in [1.82, 2.24) is 5.32 Å². The molecular formula is C15H13ClFNO2. The van der Waals surface area contributed by atoms with E-state index < -0.39 is 0 Å². The molecule has 0 amide bonds. The van der Waals surface area contributed by atoms with Crippen molar-refractivity contribution in [1.29, 1.82) is 0 Å². The van der Waals surface area contributed by atoms with Gasteiger partial charge in [-0.15, -0.1) is 0 Å². The monoisotopic (exact) mass is 293 g/mol.